The molecule has 0 spiro atoms. The lowest BCUT2D eigenvalue weighted by atomic mass is 10.2. The van der Waals surface area contributed by atoms with Gasteiger partial charge in [0, 0.05) is 5.75 Å². The van der Waals surface area contributed by atoms with E-state index in [-0.39, 0.29) is 17.6 Å². The van der Waals surface area contributed by atoms with E-state index in [2.05, 4.69) is 0 Å². The van der Waals surface area contributed by atoms with Crippen molar-refractivity contribution in [1.29, 1.82) is 0 Å². The molecule has 13 heavy (non-hydrogen) atoms. The number of rotatable bonds is 7. The third-order valence-electron chi connectivity index (χ3n) is 1.98. The van der Waals surface area contributed by atoms with Crippen LogP contribution in [-0.2, 0) is 9.84 Å². The maximum absolute atomic E-state index is 11.2. The summed E-state index contributed by atoms with van der Waals surface area (Å²) in [5.74, 6) is 0.493. The fourth-order valence-electron chi connectivity index (χ4n) is 1.16. The average Bonchev–Trinajstić information content (AvgIpc) is 2.03. The van der Waals surface area contributed by atoms with Gasteiger partial charge in [0.15, 0.2) is 0 Å². The largest absolute Gasteiger partial charge is 0.393 e. The zero-order valence-electron chi connectivity index (χ0n) is 8.49. The lowest BCUT2D eigenvalue weighted by Gasteiger charge is -2.06. The Morgan fingerprint density at radius 2 is 1.85 bits per heavy atom. The van der Waals surface area contributed by atoms with Gasteiger partial charge in [-0.15, -0.1) is 0 Å². The predicted molar refractivity (Wildman–Crippen MR) is 54.5 cm³/mol. The first-order valence-corrected chi connectivity index (χ1v) is 6.72. The van der Waals surface area contributed by atoms with Gasteiger partial charge in [0.2, 0.25) is 0 Å². The molecular weight excluding hydrogens is 188 g/mol. The highest BCUT2D eigenvalue weighted by Gasteiger charge is 2.09. The third-order valence-corrected chi connectivity index (χ3v) is 3.92. The molecule has 0 rings (SSSR count). The summed E-state index contributed by atoms with van der Waals surface area (Å²) in [6, 6.07) is 0. The molecule has 0 aromatic carbocycles. The van der Waals surface area contributed by atoms with Gasteiger partial charge in [-0.2, -0.15) is 0 Å². The SMILES string of the molecule is CCCS(=O)(=O)CCCC(O)CC. The maximum atomic E-state index is 11.2. The van der Waals surface area contributed by atoms with Crippen molar-refractivity contribution >= 4 is 9.84 Å². The minimum atomic E-state index is -2.85. The van der Waals surface area contributed by atoms with Crippen LogP contribution in [0.1, 0.15) is 39.5 Å². The Balaban J connectivity index is 3.64. The van der Waals surface area contributed by atoms with Crippen LogP contribution < -0.4 is 0 Å². The maximum Gasteiger partial charge on any atom is 0.150 e. The van der Waals surface area contributed by atoms with E-state index >= 15 is 0 Å². The Morgan fingerprint density at radius 1 is 1.23 bits per heavy atom. The Morgan fingerprint density at radius 3 is 2.31 bits per heavy atom. The first-order valence-electron chi connectivity index (χ1n) is 4.90. The van der Waals surface area contributed by atoms with Gasteiger partial charge in [-0.05, 0) is 25.7 Å². The van der Waals surface area contributed by atoms with Crippen molar-refractivity contribution in [3.63, 3.8) is 0 Å². The van der Waals surface area contributed by atoms with E-state index in [1.165, 1.54) is 0 Å². The molecule has 0 heterocycles. The van der Waals surface area contributed by atoms with E-state index in [4.69, 9.17) is 0 Å². The van der Waals surface area contributed by atoms with Gasteiger partial charge >= 0.3 is 0 Å². The van der Waals surface area contributed by atoms with Crippen molar-refractivity contribution in [1.82, 2.24) is 0 Å². The highest BCUT2D eigenvalue weighted by molar-refractivity contribution is 7.91. The fraction of sp³-hybridized carbons (Fsp3) is 1.00. The predicted octanol–water partition coefficient (Wildman–Crippen LogP) is 1.36. The van der Waals surface area contributed by atoms with Crippen LogP contribution in [0.15, 0.2) is 0 Å². The summed E-state index contributed by atoms with van der Waals surface area (Å²) < 4.78 is 22.4. The van der Waals surface area contributed by atoms with Crippen LogP contribution in [0.3, 0.4) is 0 Å². The van der Waals surface area contributed by atoms with Gasteiger partial charge in [-0.1, -0.05) is 13.8 Å². The first-order chi connectivity index (χ1) is 6.02. The van der Waals surface area contributed by atoms with Gasteiger partial charge < -0.3 is 5.11 Å². The molecule has 0 aromatic rings. The van der Waals surface area contributed by atoms with E-state index in [9.17, 15) is 13.5 Å². The molecule has 0 bridgehead atoms. The van der Waals surface area contributed by atoms with Gasteiger partial charge in [0.25, 0.3) is 0 Å². The van der Waals surface area contributed by atoms with Crippen molar-refractivity contribution in [3.8, 4) is 0 Å². The minimum Gasteiger partial charge on any atom is -0.393 e. The zero-order valence-corrected chi connectivity index (χ0v) is 9.31. The molecule has 0 amide bonds. The molecule has 0 radical (unpaired) electrons. The number of hydrogen-bond donors (Lipinski definition) is 1. The first kappa shape index (κ1) is 12.9. The van der Waals surface area contributed by atoms with E-state index in [1.54, 1.807) is 0 Å². The molecule has 0 saturated heterocycles. The molecule has 0 fully saturated rings. The summed E-state index contributed by atoms with van der Waals surface area (Å²) in [5.41, 5.74) is 0. The molecule has 1 unspecified atom stereocenters. The van der Waals surface area contributed by atoms with Crippen LogP contribution in [0.2, 0.25) is 0 Å². The minimum absolute atomic E-state index is 0.220. The molecule has 0 saturated carbocycles. The summed E-state index contributed by atoms with van der Waals surface area (Å²) in [5, 5.41) is 9.19. The summed E-state index contributed by atoms with van der Waals surface area (Å²) >= 11 is 0. The van der Waals surface area contributed by atoms with E-state index < -0.39 is 9.84 Å². The van der Waals surface area contributed by atoms with Crippen molar-refractivity contribution in [2.45, 2.75) is 45.6 Å². The molecular formula is C9H20O3S. The molecule has 1 N–H and O–H groups in total. The molecule has 0 aliphatic rings. The second-order valence-corrected chi connectivity index (χ2v) is 5.66. The second kappa shape index (κ2) is 6.38. The number of aliphatic hydroxyl groups excluding tert-OH is 1. The van der Waals surface area contributed by atoms with Crippen LogP contribution in [0, 0.1) is 0 Å². The van der Waals surface area contributed by atoms with Gasteiger partial charge in [-0.25, -0.2) is 8.42 Å². The lowest BCUT2D eigenvalue weighted by Crippen LogP contribution is -2.13. The summed E-state index contributed by atoms with van der Waals surface area (Å²) in [6.45, 7) is 3.75. The number of sulfone groups is 1. The molecule has 0 aliphatic carbocycles. The van der Waals surface area contributed by atoms with Crippen molar-refractivity contribution < 1.29 is 13.5 Å². The number of hydrogen-bond acceptors (Lipinski definition) is 3. The quantitative estimate of drug-likeness (QED) is 0.687. The highest BCUT2D eigenvalue weighted by Crippen LogP contribution is 2.04. The van der Waals surface area contributed by atoms with E-state index in [0.717, 1.165) is 0 Å². The Labute approximate surface area is 81.1 Å². The molecule has 80 valence electrons. The Kier molecular flexibility index (Phi) is 6.33. The standard InChI is InChI=1S/C9H20O3S/c1-3-7-13(11,12)8-5-6-9(10)4-2/h9-10H,3-8H2,1-2H3. The normalized spacial score (nSPS) is 14.4. The van der Waals surface area contributed by atoms with Gasteiger partial charge in [0.05, 0.1) is 11.9 Å². The highest BCUT2D eigenvalue weighted by atomic mass is 32.2. The van der Waals surface area contributed by atoms with Gasteiger partial charge in [0.1, 0.15) is 9.84 Å². The second-order valence-electron chi connectivity index (χ2n) is 3.36. The van der Waals surface area contributed by atoms with Crippen LogP contribution in [0.25, 0.3) is 0 Å². The Hall–Kier alpha value is -0.0900. The summed E-state index contributed by atoms with van der Waals surface area (Å²) in [4.78, 5) is 0. The van der Waals surface area contributed by atoms with Crippen LogP contribution in [-0.4, -0.2) is 31.1 Å². The zero-order chi connectivity index (χ0) is 10.3. The monoisotopic (exact) mass is 208 g/mol. The molecule has 1 atom stereocenters. The van der Waals surface area contributed by atoms with Crippen LogP contribution in [0.4, 0.5) is 0 Å². The van der Waals surface area contributed by atoms with Crippen LogP contribution >= 0.6 is 0 Å². The van der Waals surface area contributed by atoms with E-state index in [1.807, 2.05) is 13.8 Å². The molecule has 0 aromatic heterocycles. The summed E-state index contributed by atoms with van der Waals surface area (Å²) in [6.07, 6.45) is 2.22. The molecule has 0 aliphatic heterocycles. The number of aliphatic hydroxyl groups is 1. The van der Waals surface area contributed by atoms with E-state index in [0.29, 0.717) is 25.7 Å². The smallest absolute Gasteiger partial charge is 0.150 e. The van der Waals surface area contributed by atoms with Crippen molar-refractivity contribution in [2.75, 3.05) is 11.5 Å². The van der Waals surface area contributed by atoms with Crippen LogP contribution in [0.5, 0.6) is 0 Å². The van der Waals surface area contributed by atoms with Crippen molar-refractivity contribution in [3.05, 3.63) is 0 Å². The van der Waals surface area contributed by atoms with Gasteiger partial charge in [-0.3, -0.25) is 0 Å². The summed E-state index contributed by atoms with van der Waals surface area (Å²) in [7, 11) is -2.85. The fourth-order valence-corrected chi connectivity index (χ4v) is 2.59. The lowest BCUT2D eigenvalue weighted by molar-refractivity contribution is 0.159. The molecule has 4 heteroatoms. The topological polar surface area (TPSA) is 54.4 Å². The molecule has 3 nitrogen and oxygen atoms in total. The Bertz CT molecular complexity index is 209. The van der Waals surface area contributed by atoms with Crippen molar-refractivity contribution in [2.24, 2.45) is 0 Å². The third kappa shape index (κ3) is 7.02. The average molecular weight is 208 g/mol.